The molecule has 0 unspecified atom stereocenters. The first-order chi connectivity index (χ1) is 11.9. The molecule has 4 rings (SSSR count). The van der Waals surface area contributed by atoms with Crippen LogP contribution in [0, 0.1) is 5.41 Å². The monoisotopic (exact) mass is 371 g/mol. The lowest BCUT2D eigenvalue weighted by molar-refractivity contribution is 0.310. The van der Waals surface area contributed by atoms with Crippen LogP contribution in [0.15, 0.2) is 40.4 Å². The summed E-state index contributed by atoms with van der Waals surface area (Å²) in [7, 11) is 0. The quantitative estimate of drug-likeness (QED) is 0.718. The van der Waals surface area contributed by atoms with Crippen LogP contribution in [0.5, 0.6) is 0 Å². The Bertz CT molecular complexity index is 893. The molecule has 2 aliphatic rings. The Hall–Kier alpha value is -1.71. The third kappa shape index (κ3) is 3.49. The minimum Gasteiger partial charge on any atom is -0.260 e. The van der Waals surface area contributed by atoms with Gasteiger partial charge in [0.05, 0.1) is 12.3 Å². The summed E-state index contributed by atoms with van der Waals surface area (Å²) in [4.78, 5) is 14.0. The van der Waals surface area contributed by atoms with Crippen molar-refractivity contribution in [1.82, 2.24) is 4.98 Å². The van der Waals surface area contributed by atoms with Crippen molar-refractivity contribution in [3.05, 3.63) is 62.9 Å². The molecule has 2 aromatic rings. The number of hydrogen-bond acceptors (Lipinski definition) is 3. The smallest absolute Gasteiger partial charge is 0.155 e. The molecule has 5 heteroatoms. The molecular formula is C20H19Cl2N3. The molecule has 1 aliphatic heterocycles. The van der Waals surface area contributed by atoms with Crippen LogP contribution >= 0.6 is 23.2 Å². The highest BCUT2D eigenvalue weighted by atomic mass is 35.5. The van der Waals surface area contributed by atoms with Crippen molar-refractivity contribution in [2.45, 2.75) is 33.1 Å². The van der Waals surface area contributed by atoms with Gasteiger partial charge in [-0.1, -0.05) is 37.0 Å². The van der Waals surface area contributed by atoms with Gasteiger partial charge in [0, 0.05) is 33.1 Å². The van der Waals surface area contributed by atoms with Crippen LogP contribution in [-0.2, 0) is 12.8 Å². The van der Waals surface area contributed by atoms with Crippen LogP contribution in [0.1, 0.15) is 42.7 Å². The maximum absolute atomic E-state index is 6.09. The van der Waals surface area contributed by atoms with E-state index in [4.69, 9.17) is 33.2 Å². The predicted octanol–water partition coefficient (Wildman–Crippen LogP) is 5.15. The molecule has 0 amide bonds. The molecule has 0 atom stereocenters. The molecule has 0 fully saturated rings. The summed E-state index contributed by atoms with van der Waals surface area (Å²) in [6.07, 6.45) is 5.24. The molecular weight excluding hydrogens is 353 g/mol. The molecule has 0 bridgehead atoms. The maximum atomic E-state index is 6.09. The second-order valence-electron chi connectivity index (χ2n) is 7.53. The fourth-order valence-corrected chi connectivity index (χ4v) is 3.96. The number of aryl methyl sites for hydroxylation is 1. The topological polar surface area (TPSA) is 37.6 Å². The molecule has 2 heterocycles. The van der Waals surface area contributed by atoms with Gasteiger partial charge in [0.2, 0.25) is 0 Å². The average molecular weight is 372 g/mol. The lowest BCUT2D eigenvalue weighted by atomic mass is 9.76. The molecule has 0 saturated carbocycles. The average Bonchev–Trinajstić information content (AvgIpc) is 3.03. The van der Waals surface area contributed by atoms with Gasteiger partial charge < -0.3 is 0 Å². The molecule has 128 valence electrons. The second-order valence-corrected chi connectivity index (χ2v) is 8.40. The molecule has 25 heavy (non-hydrogen) atoms. The summed E-state index contributed by atoms with van der Waals surface area (Å²) in [5.74, 6) is 0.679. The van der Waals surface area contributed by atoms with Gasteiger partial charge in [-0.15, -0.1) is 0 Å². The van der Waals surface area contributed by atoms with Crippen molar-refractivity contribution in [1.29, 1.82) is 0 Å². The van der Waals surface area contributed by atoms with Crippen LogP contribution in [0.25, 0.3) is 0 Å². The minimum absolute atomic E-state index is 0.342. The zero-order valence-corrected chi connectivity index (χ0v) is 15.8. The molecule has 1 aromatic carbocycles. The van der Waals surface area contributed by atoms with E-state index in [0.29, 0.717) is 27.8 Å². The minimum atomic E-state index is 0.342. The third-order valence-electron chi connectivity index (χ3n) is 4.85. The zero-order chi connectivity index (χ0) is 17.6. The number of aliphatic imine (C=N–C) groups is 2. The van der Waals surface area contributed by atoms with E-state index in [2.05, 4.69) is 24.9 Å². The summed E-state index contributed by atoms with van der Waals surface area (Å²) in [6.45, 7) is 5.18. The molecule has 0 radical (unpaired) electrons. The van der Waals surface area contributed by atoms with E-state index >= 15 is 0 Å². The van der Waals surface area contributed by atoms with E-state index in [-0.39, 0.29) is 0 Å². The van der Waals surface area contributed by atoms with E-state index < -0.39 is 0 Å². The van der Waals surface area contributed by atoms with E-state index in [1.807, 2.05) is 18.3 Å². The van der Waals surface area contributed by atoms with Crippen molar-refractivity contribution in [2.24, 2.45) is 15.4 Å². The normalized spacial score (nSPS) is 18.6. The fourth-order valence-electron chi connectivity index (χ4n) is 3.43. The number of aromatic nitrogens is 1. The molecule has 1 aliphatic carbocycles. The van der Waals surface area contributed by atoms with Gasteiger partial charge in [-0.05, 0) is 54.5 Å². The van der Waals surface area contributed by atoms with Crippen LogP contribution in [-0.4, -0.2) is 23.1 Å². The maximum Gasteiger partial charge on any atom is 0.155 e. The van der Waals surface area contributed by atoms with Crippen LogP contribution in [0.3, 0.4) is 0 Å². The lowest BCUT2D eigenvalue weighted by Crippen LogP contribution is -2.23. The number of nitrogens with zero attached hydrogens (tertiary/aromatic N) is 3. The van der Waals surface area contributed by atoms with Gasteiger partial charge >= 0.3 is 0 Å². The Kier molecular flexibility index (Phi) is 4.17. The number of pyridine rings is 1. The number of benzene rings is 1. The summed E-state index contributed by atoms with van der Waals surface area (Å²) in [5, 5.41) is 1.18. The van der Waals surface area contributed by atoms with E-state index in [9.17, 15) is 0 Å². The van der Waals surface area contributed by atoms with Crippen molar-refractivity contribution < 1.29 is 0 Å². The highest BCUT2D eigenvalue weighted by Gasteiger charge is 2.27. The number of rotatable bonds is 2. The molecule has 0 saturated heterocycles. The number of amidine groups is 1. The van der Waals surface area contributed by atoms with Crippen molar-refractivity contribution in [2.75, 3.05) is 6.54 Å². The van der Waals surface area contributed by atoms with E-state index in [1.165, 1.54) is 17.7 Å². The lowest BCUT2D eigenvalue weighted by Gasteiger charge is -2.30. The third-order valence-corrected chi connectivity index (χ3v) is 5.29. The fraction of sp³-hybridized carbons (Fsp3) is 0.350. The number of halogens is 2. The summed E-state index contributed by atoms with van der Waals surface area (Å²) in [6, 6.07) is 7.62. The first kappa shape index (κ1) is 16.7. The van der Waals surface area contributed by atoms with Gasteiger partial charge in [-0.3, -0.25) is 9.98 Å². The van der Waals surface area contributed by atoms with Crippen molar-refractivity contribution >= 4 is 34.7 Å². The van der Waals surface area contributed by atoms with Gasteiger partial charge in [0.25, 0.3) is 0 Å². The summed E-state index contributed by atoms with van der Waals surface area (Å²) >= 11 is 12.2. The highest BCUT2D eigenvalue weighted by Crippen LogP contribution is 2.34. The van der Waals surface area contributed by atoms with Gasteiger partial charge in [-0.2, -0.15) is 0 Å². The van der Waals surface area contributed by atoms with Gasteiger partial charge in [0.1, 0.15) is 0 Å². The standard InChI is InChI=1S/C20H19Cl2N3/c1-20(2)4-3-12-5-14(10-23-17(12)9-20)18-11-24-19(25-18)13-6-15(21)8-16(22)7-13/h5-8,10H,3-4,9,11H2,1-2H3. The largest absolute Gasteiger partial charge is 0.260 e. The molecule has 3 nitrogen and oxygen atoms in total. The van der Waals surface area contributed by atoms with Crippen LogP contribution < -0.4 is 0 Å². The SMILES string of the molecule is CC1(C)CCc2cc(C3=NC(c4cc(Cl)cc(Cl)c4)=NC3)cnc2C1. The van der Waals surface area contributed by atoms with Crippen molar-refractivity contribution in [3.63, 3.8) is 0 Å². The zero-order valence-electron chi connectivity index (χ0n) is 14.3. The van der Waals surface area contributed by atoms with Gasteiger partial charge in [-0.25, -0.2) is 4.99 Å². The first-order valence-corrected chi connectivity index (χ1v) is 9.22. The number of fused-ring (bicyclic) bond motifs is 1. The Morgan fingerprint density at radius 3 is 2.52 bits per heavy atom. The van der Waals surface area contributed by atoms with E-state index in [0.717, 1.165) is 29.7 Å². The Morgan fingerprint density at radius 2 is 1.76 bits per heavy atom. The summed E-state index contributed by atoms with van der Waals surface area (Å²) < 4.78 is 0. The molecule has 0 N–H and O–H groups in total. The molecule has 0 spiro atoms. The summed E-state index contributed by atoms with van der Waals surface area (Å²) in [5.41, 5.74) is 5.77. The number of hydrogen-bond donors (Lipinski definition) is 0. The highest BCUT2D eigenvalue weighted by molar-refractivity contribution is 6.35. The first-order valence-electron chi connectivity index (χ1n) is 8.46. The Labute approximate surface area is 157 Å². The van der Waals surface area contributed by atoms with Crippen LogP contribution in [0.2, 0.25) is 10.0 Å². The second kappa shape index (κ2) is 6.22. The van der Waals surface area contributed by atoms with Crippen LogP contribution in [0.4, 0.5) is 0 Å². The van der Waals surface area contributed by atoms with Gasteiger partial charge in [0.15, 0.2) is 5.84 Å². The van der Waals surface area contributed by atoms with Crippen molar-refractivity contribution in [3.8, 4) is 0 Å². The van der Waals surface area contributed by atoms with E-state index in [1.54, 1.807) is 6.07 Å². The Balaban J connectivity index is 1.62. The Morgan fingerprint density at radius 1 is 1.00 bits per heavy atom. The molecule has 1 aromatic heterocycles. The predicted molar refractivity (Wildman–Crippen MR) is 104 cm³/mol.